The van der Waals surface area contributed by atoms with Crippen LogP contribution in [0, 0.1) is 5.41 Å². The van der Waals surface area contributed by atoms with Gasteiger partial charge in [0.15, 0.2) is 0 Å². The molecule has 2 radical (unpaired) electrons. The maximum atomic E-state index is 10.9. The molecule has 1 unspecified atom stereocenters. The minimum atomic E-state index is -0.220. The summed E-state index contributed by atoms with van der Waals surface area (Å²) in [7, 11) is 5.86. The molecule has 4 heteroatoms. The zero-order valence-electron chi connectivity index (χ0n) is 11.8. The summed E-state index contributed by atoms with van der Waals surface area (Å²) in [4.78, 5) is 10.9. The Balaban J connectivity index is 2.05. The van der Waals surface area contributed by atoms with Crippen LogP contribution in [0.2, 0.25) is 0 Å². The summed E-state index contributed by atoms with van der Waals surface area (Å²) >= 11 is 0. The summed E-state index contributed by atoms with van der Waals surface area (Å²) in [6.45, 7) is 7.07. The van der Waals surface area contributed by atoms with Gasteiger partial charge in [0.2, 0.25) is 0 Å². The third-order valence-electron chi connectivity index (χ3n) is 3.52. The lowest BCUT2D eigenvalue weighted by atomic mass is 9.80. The smallest absolute Gasteiger partial charge is 0.302 e. The summed E-state index contributed by atoms with van der Waals surface area (Å²) in [6, 6.07) is 5.99. The predicted octanol–water partition coefficient (Wildman–Crippen LogP) is 1.97. The standard InChI is InChI=1S/C15H20BNO2/c1-10(18)19-9-15(2,3)7-11-8-17-14-5-4-12(16)6-13(11)14/h4-6,11,17H,7-9H2,1-3H3. The van der Waals surface area contributed by atoms with Gasteiger partial charge in [-0.15, -0.1) is 0 Å². The number of benzene rings is 1. The first kappa shape index (κ1) is 14.0. The quantitative estimate of drug-likeness (QED) is 0.662. The highest BCUT2D eigenvalue weighted by Crippen LogP contribution is 2.38. The van der Waals surface area contributed by atoms with E-state index in [2.05, 4.69) is 19.2 Å². The van der Waals surface area contributed by atoms with Gasteiger partial charge in [-0.3, -0.25) is 4.79 Å². The van der Waals surface area contributed by atoms with Crippen molar-refractivity contribution in [3.63, 3.8) is 0 Å². The molecule has 0 fully saturated rings. The molecule has 1 atom stereocenters. The van der Waals surface area contributed by atoms with E-state index in [-0.39, 0.29) is 11.4 Å². The molecule has 1 aromatic carbocycles. The lowest BCUT2D eigenvalue weighted by Crippen LogP contribution is -2.24. The number of esters is 1. The van der Waals surface area contributed by atoms with E-state index in [9.17, 15) is 4.79 Å². The number of carbonyl (C=O) groups excluding carboxylic acids is 1. The van der Waals surface area contributed by atoms with Crippen molar-refractivity contribution in [1.29, 1.82) is 0 Å². The van der Waals surface area contributed by atoms with E-state index in [4.69, 9.17) is 12.6 Å². The Kier molecular flexibility index (Phi) is 3.88. The van der Waals surface area contributed by atoms with E-state index in [1.807, 2.05) is 18.2 Å². The van der Waals surface area contributed by atoms with Gasteiger partial charge in [-0.05, 0) is 23.5 Å². The normalized spacial score (nSPS) is 17.7. The van der Waals surface area contributed by atoms with Gasteiger partial charge in [0.25, 0.3) is 0 Å². The second-order valence-electron chi connectivity index (χ2n) is 6.07. The van der Waals surface area contributed by atoms with Crippen LogP contribution >= 0.6 is 0 Å². The van der Waals surface area contributed by atoms with Crippen molar-refractivity contribution in [1.82, 2.24) is 0 Å². The first-order valence-corrected chi connectivity index (χ1v) is 6.64. The molecule has 19 heavy (non-hydrogen) atoms. The van der Waals surface area contributed by atoms with Crippen molar-refractivity contribution in [2.45, 2.75) is 33.1 Å². The highest BCUT2D eigenvalue weighted by atomic mass is 16.5. The van der Waals surface area contributed by atoms with Gasteiger partial charge < -0.3 is 10.1 Å². The average molecular weight is 257 g/mol. The molecule has 100 valence electrons. The molecule has 1 aliphatic heterocycles. The molecule has 0 bridgehead atoms. The molecule has 3 nitrogen and oxygen atoms in total. The number of ether oxygens (including phenoxy) is 1. The topological polar surface area (TPSA) is 38.3 Å². The highest BCUT2D eigenvalue weighted by Gasteiger charge is 2.30. The molecular weight excluding hydrogens is 237 g/mol. The maximum absolute atomic E-state index is 10.9. The summed E-state index contributed by atoms with van der Waals surface area (Å²) < 4.78 is 5.14. The van der Waals surface area contributed by atoms with Crippen molar-refractivity contribution in [3.05, 3.63) is 23.8 Å². The summed E-state index contributed by atoms with van der Waals surface area (Å²) in [5, 5.41) is 3.40. The number of anilines is 1. The van der Waals surface area contributed by atoms with Crippen LogP contribution in [-0.4, -0.2) is 27.0 Å². The van der Waals surface area contributed by atoms with Crippen molar-refractivity contribution in [3.8, 4) is 0 Å². The highest BCUT2D eigenvalue weighted by molar-refractivity contribution is 6.32. The molecule has 1 aromatic rings. The van der Waals surface area contributed by atoms with Crippen molar-refractivity contribution in [2.75, 3.05) is 18.5 Å². The molecule has 1 heterocycles. The lowest BCUT2D eigenvalue weighted by Gasteiger charge is -2.27. The van der Waals surface area contributed by atoms with Crippen molar-refractivity contribution in [2.24, 2.45) is 5.41 Å². The molecule has 1 N–H and O–H groups in total. The molecule has 0 saturated heterocycles. The van der Waals surface area contributed by atoms with Gasteiger partial charge in [0, 0.05) is 25.1 Å². The van der Waals surface area contributed by atoms with Crippen LogP contribution < -0.4 is 10.8 Å². The fourth-order valence-electron chi connectivity index (χ4n) is 2.63. The Bertz CT molecular complexity index is 485. The largest absolute Gasteiger partial charge is 0.465 e. The molecule has 0 saturated carbocycles. The Morgan fingerprint density at radius 1 is 1.53 bits per heavy atom. The number of rotatable bonds is 4. The third-order valence-corrected chi connectivity index (χ3v) is 3.52. The number of hydrogen-bond donors (Lipinski definition) is 1. The van der Waals surface area contributed by atoms with Crippen LogP contribution in [0.1, 0.15) is 38.7 Å². The van der Waals surface area contributed by atoms with E-state index in [1.54, 1.807) is 0 Å². The summed E-state index contributed by atoms with van der Waals surface area (Å²) in [5.74, 6) is 0.200. The fourth-order valence-corrected chi connectivity index (χ4v) is 2.63. The SMILES string of the molecule is [B]c1ccc2c(c1)C(CC(C)(C)COC(C)=O)CN2. The van der Waals surface area contributed by atoms with Crippen LogP contribution in [0.4, 0.5) is 5.69 Å². The maximum Gasteiger partial charge on any atom is 0.302 e. The Morgan fingerprint density at radius 2 is 2.26 bits per heavy atom. The monoisotopic (exact) mass is 257 g/mol. The average Bonchev–Trinajstić information content (AvgIpc) is 2.69. The third kappa shape index (κ3) is 3.52. The summed E-state index contributed by atoms with van der Waals surface area (Å²) in [6.07, 6.45) is 0.962. The number of nitrogens with one attached hydrogen (secondary N) is 1. The minimum absolute atomic E-state index is 0.0375. The van der Waals surface area contributed by atoms with Crippen LogP contribution in [0.15, 0.2) is 18.2 Å². The predicted molar refractivity (Wildman–Crippen MR) is 78.1 cm³/mol. The van der Waals surface area contributed by atoms with Gasteiger partial charge in [-0.2, -0.15) is 0 Å². The molecule has 0 aliphatic carbocycles. The summed E-state index contributed by atoms with van der Waals surface area (Å²) in [5.41, 5.74) is 3.20. The lowest BCUT2D eigenvalue weighted by molar-refractivity contribution is -0.144. The zero-order chi connectivity index (χ0) is 14.0. The minimum Gasteiger partial charge on any atom is -0.465 e. The Morgan fingerprint density at radius 3 is 2.95 bits per heavy atom. The van der Waals surface area contributed by atoms with E-state index in [1.165, 1.54) is 18.2 Å². The first-order chi connectivity index (χ1) is 8.87. The van der Waals surface area contributed by atoms with Gasteiger partial charge in [0.05, 0.1) is 6.61 Å². The van der Waals surface area contributed by atoms with Gasteiger partial charge >= 0.3 is 5.97 Å². The van der Waals surface area contributed by atoms with E-state index in [0.29, 0.717) is 12.5 Å². The van der Waals surface area contributed by atoms with Gasteiger partial charge in [-0.25, -0.2) is 0 Å². The zero-order valence-corrected chi connectivity index (χ0v) is 11.8. The number of carbonyl (C=O) groups is 1. The fraction of sp³-hybridized carbons (Fsp3) is 0.533. The van der Waals surface area contributed by atoms with E-state index in [0.717, 1.165) is 18.4 Å². The van der Waals surface area contributed by atoms with E-state index >= 15 is 0 Å². The van der Waals surface area contributed by atoms with Crippen LogP contribution in [0.5, 0.6) is 0 Å². The first-order valence-electron chi connectivity index (χ1n) is 6.64. The van der Waals surface area contributed by atoms with E-state index < -0.39 is 0 Å². The Hall–Kier alpha value is -1.45. The van der Waals surface area contributed by atoms with Gasteiger partial charge in [0.1, 0.15) is 7.85 Å². The van der Waals surface area contributed by atoms with Gasteiger partial charge in [-0.1, -0.05) is 31.4 Å². The second kappa shape index (κ2) is 5.28. The van der Waals surface area contributed by atoms with Crippen molar-refractivity contribution < 1.29 is 9.53 Å². The molecule has 0 spiro atoms. The Labute approximate surface area is 116 Å². The van der Waals surface area contributed by atoms with Crippen LogP contribution in [0.3, 0.4) is 0 Å². The second-order valence-corrected chi connectivity index (χ2v) is 6.07. The van der Waals surface area contributed by atoms with Crippen LogP contribution in [0.25, 0.3) is 0 Å². The number of fused-ring (bicyclic) bond motifs is 1. The molecule has 0 aromatic heterocycles. The van der Waals surface area contributed by atoms with Crippen LogP contribution in [-0.2, 0) is 9.53 Å². The molecular formula is C15H20BNO2. The number of hydrogen-bond acceptors (Lipinski definition) is 3. The molecule has 2 rings (SSSR count). The molecule has 1 aliphatic rings. The molecule has 0 amide bonds. The van der Waals surface area contributed by atoms with Crippen molar-refractivity contribution >= 4 is 25.0 Å².